The van der Waals surface area contributed by atoms with Crippen molar-refractivity contribution in [3.05, 3.63) is 35.9 Å². The number of amides is 2. The van der Waals surface area contributed by atoms with Crippen molar-refractivity contribution in [2.24, 2.45) is 5.92 Å². The van der Waals surface area contributed by atoms with Gasteiger partial charge in [-0.2, -0.15) is 0 Å². The molecule has 1 aromatic rings. The summed E-state index contributed by atoms with van der Waals surface area (Å²) in [6, 6.07) is 9.01. The van der Waals surface area contributed by atoms with Gasteiger partial charge in [-0.15, -0.1) is 0 Å². The van der Waals surface area contributed by atoms with Gasteiger partial charge < -0.3 is 20.5 Å². The lowest BCUT2D eigenvalue weighted by Gasteiger charge is -2.43. The van der Waals surface area contributed by atoms with Crippen LogP contribution in [0.4, 0.5) is 0 Å². The third-order valence-corrected chi connectivity index (χ3v) is 3.73. The number of hydrogen-bond acceptors (Lipinski definition) is 4. The van der Waals surface area contributed by atoms with Gasteiger partial charge in [0.05, 0.1) is 0 Å². The Balaban J connectivity index is 2.22. The van der Waals surface area contributed by atoms with Gasteiger partial charge in [-0.3, -0.25) is 9.59 Å². The maximum absolute atomic E-state index is 12.4. The monoisotopic (exact) mass is 306 g/mol. The van der Waals surface area contributed by atoms with E-state index in [1.54, 1.807) is 24.3 Å². The molecule has 6 heteroatoms. The SMILES string of the molecule is COC1(CC(C)C)NC(=O)C(O)(Cc2ccccc2)NC1=O. The van der Waals surface area contributed by atoms with E-state index in [1.165, 1.54) is 7.11 Å². The van der Waals surface area contributed by atoms with Gasteiger partial charge >= 0.3 is 0 Å². The number of nitrogens with one attached hydrogen (secondary N) is 2. The first kappa shape index (κ1) is 16.5. The summed E-state index contributed by atoms with van der Waals surface area (Å²) in [5.41, 5.74) is -2.67. The van der Waals surface area contributed by atoms with E-state index in [4.69, 9.17) is 4.74 Å². The van der Waals surface area contributed by atoms with Gasteiger partial charge in [0.1, 0.15) is 0 Å². The van der Waals surface area contributed by atoms with E-state index in [2.05, 4.69) is 10.6 Å². The van der Waals surface area contributed by atoms with Gasteiger partial charge in [-0.25, -0.2) is 0 Å². The van der Waals surface area contributed by atoms with Crippen molar-refractivity contribution in [3.63, 3.8) is 0 Å². The van der Waals surface area contributed by atoms with Crippen LogP contribution < -0.4 is 10.6 Å². The maximum Gasteiger partial charge on any atom is 0.276 e. The standard InChI is InChI=1S/C16H22N2O4/c1-11(2)9-16(22-3)14(20)17-15(21,13(19)18-16)10-12-7-5-4-6-8-12/h4-8,11,21H,9-10H2,1-3H3,(H,17,20)(H,18,19). The minimum atomic E-state index is -1.97. The summed E-state index contributed by atoms with van der Waals surface area (Å²) in [5, 5.41) is 15.5. The van der Waals surface area contributed by atoms with E-state index in [1.807, 2.05) is 19.9 Å². The minimum absolute atomic E-state index is 0.00706. The Morgan fingerprint density at radius 2 is 1.77 bits per heavy atom. The molecule has 120 valence electrons. The van der Waals surface area contributed by atoms with Gasteiger partial charge in [0.15, 0.2) is 0 Å². The second-order valence-corrected chi connectivity index (χ2v) is 6.06. The highest BCUT2D eigenvalue weighted by Crippen LogP contribution is 2.25. The molecule has 2 unspecified atom stereocenters. The molecule has 1 fully saturated rings. The van der Waals surface area contributed by atoms with Crippen molar-refractivity contribution >= 4 is 11.8 Å². The Hall–Kier alpha value is -1.92. The van der Waals surface area contributed by atoms with Crippen LogP contribution in [-0.4, -0.2) is 35.5 Å². The first-order valence-corrected chi connectivity index (χ1v) is 7.28. The first-order chi connectivity index (χ1) is 10.3. The lowest BCUT2D eigenvalue weighted by atomic mass is 9.92. The number of carbonyl (C=O) groups is 2. The fourth-order valence-electron chi connectivity index (χ4n) is 2.65. The number of hydrogen-bond donors (Lipinski definition) is 3. The van der Waals surface area contributed by atoms with Crippen molar-refractivity contribution in [1.29, 1.82) is 0 Å². The normalized spacial score (nSPS) is 28.4. The van der Waals surface area contributed by atoms with Gasteiger partial charge in [0, 0.05) is 20.0 Å². The summed E-state index contributed by atoms with van der Waals surface area (Å²) < 4.78 is 5.26. The Morgan fingerprint density at radius 3 is 2.32 bits per heavy atom. The van der Waals surface area contributed by atoms with E-state index in [0.29, 0.717) is 6.42 Å². The fourth-order valence-corrected chi connectivity index (χ4v) is 2.65. The minimum Gasteiger partial charge on any atom is -0.363 e. The number of piperazine rings is 1. The van der Waals surface area contributed by atoms with Crippen molar-refractivity contribution < 1.29 is 19.4 Å². The average Bonchev–Trinajstić information content (AvgIpc) is 2.45. The van der Waals surface area contributed by atoms with Gasteiger partial charge in [0.2, 0.25) is 11.4 Å². The number of rotatable bonds is 5. The second kappa shape index (κ2) is 6.06. The molecule has 2 amide bonds. The van der Waals surface area contributed by atoms with Crippen molar-refractivity contribution in [2.75, 3.05) is 7.11 Å². The quantitative estimate of drug-likeness (QED) is 0.741. The topological polar surface area (TPSA) is 87.7 Å². The molecule has 3 N–H and O–H groups in total. The molecular formula is C16H22N2O4. The fraction of sp³-hybridized carbons (Fsp3) is 0.500. The molecule has 0 saturated carbocycles. The lowest BCUT2D eigenvalue weighted by Crippen LogP contribution is -2.76. The van der Waals surface area contributed by atoms with E-state index in [9.17, 15) is 14.7 Å². The molecule has 0 radical (unpaired) electrons. The third kappa shape index (κ3) is 3.13. The van der Waals surface area contributed by atoms with E-state index in [0.717, 1.165) is 5.56 Å². The predicted octanol–water partition coefficient (Wildman–Crippen LogP) is 0.552. The third-order valence-electron chi connectivity index (χ3n) is 3.73. The largest absolute Gasteiger partial charge is 0.363 e. The summed E-state index contributed by atoms with van der Waals surface area (Å²) in [6.45, 7) is 3.84. The molecule has 22 heavy (non-hydrogen) atoms. The molecule has 6 nitrogen and oxygen atoms in total. The molecular weight excluding hydrogens is 284 g/mol. The predicted molar refractivity (Wildman–Crippen MR) is 80.6 cm³/mol. The molecule has 0 spiro atoms. The highest BCUT2D eigenvalue weighted by atomic mass is 16.5. The Morgan fingerprint density at radius 1 is 1.14 bits per heavy atom. The molecule has 2 rings (SSSR count). The van der Waals surface area contributed by atoms with Crippen LogP contribution in [0.1, 0.15) is 25.8 Å². The van der Waals surface area contributed by atoms with Crippen LogP contribution in [0, 0.1) is 5.92 Å². The van der Waals surface area contributed by atoms with Crippen LogP contribution in [-0.2, 0) is 20.7 Å². The van der Waals surface area contributed by atoms with E-state index < -0.39 is 23.3 Å². The molecule has 2 atom stereocenters. The van der Waals surface area contributed by atoms with Gasteiger partial charge in [0.25, 0.3) is 11.8 Å². The molecule has 1 aliphatic rings. The Bertz CT molecular complexity index is 561. The second-order valence-electron chi connectivity index (χ2n) is 6.06. The average molecular weight is 306 g/mol. The molecule has 1 heterocycles. The number of methoxy groups -OCH3 is 1. The number of benzene rings is 1. The zero-order valence-corrected chi connectivity index (χ0v) is 13.1. The summed E-state index contributed by atoms with van der Waals surface area (Å²) in [4.78, 5) is 24.8. The molecule has 1 aliphatic heterocycles. The molecule has 1 saturated heterocycles. The zero-order chi connectivity index (χ0) is 16.4. The van der Waals surface area contributed by atoms with Crippen molar-refractivity contribution in [3.8, 4) is 0 Å². The van der Waals surface area contributed by atoms with E-state index >= 15 is 0 Å². The van der Waals surface area contributed by atoms with Crippen molar-refractivity contribution in [2.45, 2.75) is 38.1 Å². The Labute approximate surface area is 129 Å². The maximum atomic E-state index is 12.4. The summed E-state index contributed by atoms with van der Waals surface area (Å²) >= 11 is 0. The highest BCUT2D eigenvalue weighted by molar-refractivity contribution is 6.00. The van der Waals surface area contributed by atoms with Gasteiger partial charge in [-0.05, 0) is 11.5 Å². The zero-order valence-electron chi connectivity index (χ0n) is 13.1. The molecule has 0 aromatic heterocycles. The first-order valence-electron chi connectivity index (χ1n) is 7.28. The van der Waals surface area contributed by atoms with Crippen LogP contribution in [0.3, 0.4) is 0 Å². The summed E-state index contributed by atoms with van der Waals surface area (Å²) in [6.07, 6.45) is 0.315. The van der Waals surface area contributed by atoms with Gasteiger partial charge in [-0.1, -0.05) is 44.2 Å². The molecule has 0 aliphatic carbocycles. The van der Waals surface area contributed by atoms with Crippen LogP contribution in [0.2, 0.25) is 0 Å². The van der Waals surface area contributed by atoms with Crippen LogP contribution in [0.5, 0.6) is 0 Å². The number of ether oxygens (including phenoxy) is 1. The summed E-state index contributed by atoms with van der Waals surface area (Å²) in [5.74, 6) is -1.08. The molecule has 1 aromatic carbocycles. The van der Waals surface area contributed by atoms with Crippen LogP contribution >= 0.6 is 0 Å². The summed E-state index contributed by atoms with van der Waals surface area (Å²) in [7, 11) is 1.36. The van der Waals surface area contributed by atoms with Crippen molar-refractivity contribution in [1.82, 2.24) is 10.6 Å². The number of carbonyl (C=O) groups excluding carboxylic acids is 2. The Kier molecular flexibility index (Phi) is 4.53. The molecule has 0 bridgehead atoms. The lowest BCUT2D eigenvalue weighted by molar-refractivity contribution is -0.182. The van der Waals surface area contributed by atoms with E-state index in [-0.39, 0.29) is 12.3 Å². The number of aliphatic hydroxyl groups is 1. The smallest absolute Gasteiger partial charge is 0.276 e. The van der Waals surface area contributed by atoms with Crippen LogP contribution in [0.25, 0.3) is 0 Å². The highest BCUT2D eigenvalue weighted by Gasteiger charge is 2.53. The van der Waals surface area contributed by atoms with Crippen LogP contribution in [0.15, 0.2) is 30.3 Å².